The van der Waals surface area contributed by atoms with E-state index in [0.717, 1.165) is 12.6 Å². The van der Waals surface area contributed by atoms with Crippen molar-refractivity contribution in [1.29, 1.82) is 0 Å². The summed E-state index contributed by atoms with van der Waals surface area (Å²) in [6.07, 6.45) is -3.69. The topological polar surface area (TPSA) is 40.5 Å². The first kappa shape index (κ1) is 24.2. The maximum absolute atomic E-state index is 12.7. The second kappa shape index (κ2) is 11.3. The highest BCUT2D eigenvalue weighted by molar-refractivity contribution is 5.87. The predicted octanol–water partition coefficient (Wildman–Crippen LogP) is 6.15. The van der Waals surface area contributed by atoms with E-state index in [4.69, 9.17) is 5.11 Å². The van der Waals surface area contributed by atoms with Crippen LogP contribution in [0.3, 0.4) is 0 Å². The maximum Gasteiger partial charge on any atom is 0.416 e. The van der Waals surface area contributed by atoms with Gasteiger partial charge in [0.05, 0.1) is 11.1 Å². The van der Waals surface area contributed by atoms with E-state index in [1.165, 1.54) is 17.7 Å². The molecule has 0 aliphatic carbocycles. The molecule has 3 rings (SSSR count). The fourth-order valence-electron chi connectivity index (χ4n) is 2.98. The van der Waals surface area contributed by atoms with Gasteiger partial charge in [-0.25, -0.2) is 4.79 Å². The summed E-state index contributed by atoms with van der Waals surface area (Å²) in [6.45, 7) is 2.81. The van der Waals surface area contributed by atoms with Crippen LogP contribution in [0, 0.1) is 0 Å². The van der Waals surface area contributed by atoms with Gasteiger partial charge in [0.2, 0.25) is 0 Å². The van der Waals surface area contributed by atoms with Crippen LogP contribution in [0.25, 0.3) is 0 Å². The number of aromatic carboxylic acids is 1. The molecule has 0 aliphatic heterocycles. The van der Waals surface area contributed by atoms with E-state index in [1.54, 1.807) is 36.4 Å². The van der Waals surface area contributed by atoms with Crippen molar-refractivity contribution in [2.24, 2.45) is 0 Å². The smallest absolute Gasteiger partial charge is 0.416 e. The molecule has 0 heterocycles. The SMILES string of the molecule is CC(Cc1cccc(C(F)(F)F)c1)N(C)Cc1ccccc1.O=C(O)c1ccccc1. The highest BCUT2D eigenvalue weighted by Gasteiger charge is 2.30. The third-order valence-corrected chi connectivity index (χ3v) is 4.83. The van der Waals surface area contributed by atoms with Crippen molar-refractivity contribution in [3.8, 4) is 0 Å². The molecule has 3 aromatic carbocycles. The molecule has 1 N–H and O–H groups in total. The molecule has 0 bridgehead atoms. The highest BCUT2D eigenvalue weighted by Crippen LogP contribution is 2.29. The molecular weight excluding hydrogens is 403 g/mol. The first-order valence-electron chi connectivity index (χ1n) is 9.85. The summed E-state index contributed by atoms with van der Waals surface area (Å²) in [5.41, 5.74) is 1.66. The number of halogens is 3. The van der Waals surface area contributed by atoms with Crippen molar-refractivity contribution in [2.75, 3.05) is 7.05 Å². The molecule has 0 saturated heterocycles. The Labute approximate surface area is 180 Å². The van der Waals surface area contributed by atoms with E-state index in [-0.39, 0.29) is 6.04 Å². The van der Waals surface area contributed by atoms with Gasteiger partial charge in [-0.15, -0.1) is 0 Å². The average Bonchev–Trinajstić information content (AvgIpc) is 2.75. The van der Waals surface area contributed by atoms with Crippen LogP contribution < -0.4 is 0 Å². The van der Waals surface area contributed by atoms with Gasteiger partial charge < -0.3 is 5.11 Å². The first-order chi connectivity index (χ1) is 14.7. The minimum atomic E-state index is -4.28. The monoisotopic (exact) mass is 429 g/mol. The zero-order valence-electron chi connectivity index (χ0n) is 17.5. The Hall–Kier alpha value is -3.12. The molecule has 0 amide bonds. The summed E-state index contributed by atoms with van der Waals surface area (Å²) < 4.78 is 38.2. The van der Waals surface area contributed by atoms with Gasteiger partial charge >= 0.3 is 12.1 Å². The molecule has 164 valence electrons. The Morgan fingerprint density at radius 3 is 1.97 bits per heavy atom. The van der Waals surface area contributed by atoms with Crippen LogP contribution in [-0.2, 0) is 19.1 Å². The van der Waals surface area contributed by atoms with Gasteiger partial charge in [0.15, 0.2) is 0 Å². The van der Waals surface area contributed by atoms with E-state index in [1.807, 2.05) is 44.3 Å². The first-order valence-corrected chi connectivity index (χ1v) is 9.85. The summed E-state index contributed by atoms with van der Waals surface area (Å²) in [7, 11) is 1.99. The fourth-order valence-corrected chi connectivity index (χ4v) is 2.98. The minimum Gasteiger partial charge on any atom is -0.478 e. The van der Waals surface area contributed by atoms with E-state index in [2.05, 4.69) is 4.90 Å². The molecule has 1 unspecified atom stereocenters. The summed E-state index contributed by atoms with van der Waals surface area (Å²) in [4.78, 5) is 12.3. The van der Waals surface area contributed by atoms with Crippen molar-refractivity contribution in [2.45, 2.75) is 32.1 Å². The number of alkyl halides is 3. The van der Waals surface area contributed by atoms with Crippen LogP contribution in [0.5, 0.6) is 0 Å². The van der Waals surface area contributed by atoms with Gasteiger partial charge in [0.1, 0.15) is 0 Å². The van der Waals surface area contributed by atoms with Crippen LogP contribution in [0.2, 0.25) is 0 Å². The lowest BCUT2D eigenvalue weighted by Crippen LogP contribution is -2.30. The quantitative estimate of drug-likeness (QED) is 0.511. The zero-order chi connectivity index (χ0) is 22.9. The van der Waals surface area contributed by atoms with Crippen LogP contribution >= 0.6 is 0 Å². The minimum absolute atomic E-state index is 0.156. The third-order valence-electron chi connectivity index (χ3n) is 4.83. The zero-order valence-corrected chi connectivity index (χ0v) is 17.5. The van der Waals surface area contributed by atoms with Crippen molar-refractivity contribution in [3.05, 3.63) is 107 Å². The van der Waals surface area contributed by atoms with E-state index >= 15 is 0 Å². The van der Waals surface area contributed by atoms with Crippen molar-refractivity contribution in [3.63, 3.8) is 0 Å². The second-order valence-corrected chi connectivity index (χ2v) is 7.32. The lowest BCUT2D eigenvalue weighted by Gasteiger charge is -2.25. The lowest BCUT2D eigenvalue weighted by atomic mass is 10.0. The summed E-state index contributed by atoms with van der Waals surface area (Å²) >= 11 is 0. The number of carboxylic acids is 1. The number of carbonyl (C=O) groups is 1. The van der Waals surface area contributed by atoms with Crippen LogP contribution in [0.4, 0.5) is 13.2 Å². The second-order valence-electron chi connectivity index (χ2n) is 7.32. The number of likely N-dealkylation sites (N-methyl/N-ethyl adjacent to an activating group) is 1. The molecule has 3 nitrogen and oxygen atoms in total. The molecule has 0 spiro atoms. The van der Waals surface area contributed by atoms with Crippen LogP contribution in [0.15, 0.2) is 84.9 Å². The van der Waals surface area contributed by atoms with Gasteiger partial charge in [-0.05, 0) is 49.7 Å². The Bertz CT molecular complexity index is 944. The molecule has 0 aromatic heterocycles. The van der Waals surface area contributed by atoms with E-state index in [9.17, 15) is 18.0 Å². The molecule has 3 aromatic rings. The molecule has 0 radical (unpaired) electrons. The van der Waals surface area contributed by atoms with Gasteiger partial charge in [-0.3, -0.25) is 4.90 Å². The number of hydrogen-bond donors (Lipinski definition) is 1. The predicted molar refractivity (Wildman–Crippen MR) is 116 cm³/mol. The molecule has 6 heteroatoms. The van der Waals surface area contributed by atoms with E-state index in [0.29, 0.717) is 17.5 Å². The number of benzene rings is 3. The lowest BCUT2D eigenvalue weighted by molar-refractivity contribution is -0.137. The Kier molecular flexibility index (Phi) is 8.82. The number of rotatable bonds is 6. The molecule has 0 saturated carbocycles. The Morgan fingerprint density at radius 1 is 0.903 bits per heavy atom. The van der Waals surface area contributed by atoms with Crippen LogP contribution in [0.1, 0.15) is 34.0 Å². The third kappa shape index (κ3) is 8.26. The normalized spacial score (nSPS) is 12.1. The average molecular weight is 429 g/mol. The number of carboxylic acid groups (broad SMARTS) is 1. The summed E-state index contributed by atoms with van der Waals surface area (Å²) in [5, 5.41) is 8.38. The van der Waals surface area contributed by atoms with Gasteiger partial charge in [-0.2, -0.15) is 13.2 Å². The molecule has 31 heavy (non-hydrogen) atoms. The number of nitrogens with zero attached hydrogens (tertiary/aromatic N) is 1. The Balaban J connectivity index is 0.000000316. The molecule has 0 aliphatic rings. The molecule has 0 fully saturated rings. The van der Waals surface area contributed by atoms with Gasteiger partial charge in [0, 0.05) is 12.6 Å². The molecular formula is C25H26F3NO2. The standard InChI is InChI=1S/C18H20F3N.C7H6O2/c1-14(22(2)13-15-7-4-3-5-8-15)11-16-9-6-10-17(12-16)18(19,20)21;8-7(9)6-4-2-1-3-5-6/h3-10,12,14H,11,13H2,1-2H3;1-5H,(H,8,9). The Morgan fingerprint density at radius 2 is 1.45 bits per heavy atom. The largest absolute Gasteiger partial charge is 0.478 e. The summed E-state index contributed by atoms with van der Waals surface area (Å²) in [5.74, 6) is -0.879. The summed E-state index contributed by atoms with van der Waals surface area (Å²) in [6, 6.07) is 24.1. The fraction of sp³-hybridized carbons (Fsp3) is 0.240. The van der Waals surface area contributed by atoms with Crippen molar-refractivity contribution >= 4 is 5.97 Å². The van der Waals surface area contributed by atoms with Gasteiger partial charge in [0.25, 0.3) is 0 Å². The van der Waals surface area contributed by atoms with Gasteiger partial charge in [-0.1, -0.05) is 66.7 Å². The van der Waals surface area contributed by atoms with Crippen LogP contribution in [-0.4, -0.2) is 29.1 Å². The number of hydrogen-bond acceptors (Lipinski definition) is 2. The molecule has 1 atom stereocenters. The maximum atomic E-state index is 12.7. The van der Waals surface area contributed by atoms with E-state index < -0.39 is 17.7 Å². The van der Waals surface area contributed by atoms with Crippen molar-refractivity contribution in [1.82, 2.24) is 4.90 Å². The van der Waals surface area contributed by atoms with Crippen molar-refractivity contribution < 1.29 is 23.1 Å². The highest BCUT2D eigenvalue weighted by atomic mass is 19.4.